The quantitative estimate of drug-likeness (QED) is 0.592. The van der Waals surface area contributed by atoms with E-state index < -0.39 is 0 Å². The molecule has 0 aliphatic heterocycles. The van der Waals surface area contributed by atoms with Crippen LogP contribution in [0.25, 0.3) is 6.08 Å². The van der Waals surface area contributed by atoms with E-state index in [1.807, 2.05) is 17.5 Å². The predicted molar refractivity (Wildman–Crippen MR) is 58.2 cm³/mol. The van der Waals surface area contributed by atoms with Gasteiger partial charge in [-0.15, -0.1) is 11.3 Å². The van der Waals surface area contributed by atoms with Crippen molar-refractivity contribution in [1.82, 2.24) is 5.32 Å². The standard InChI is InChI=1S/C10H13NO2S/c1-13-7-6-11-10(12)5-4-9-3-2-8-14-9/h2-5,8H,6-7H2,1H3,(H,11,12)/b5-4+. The Labute approximate surface area is 87.4 Å². The van der Waals surface area contributed by atoms with Gasteiger partial charge in [-0.25, -0.2) is 0 Å². The van der Waals surface area contributed by atoms with Gasteiger partial charge in [-0.3, -0.25) is 4.79 Å². The van der Waals surface area contributed by atoms with Crippen molar-refractivity contribution < 1.29 is 9.53 Å². The maximum absolute atomic E-state index is 11.2. The molecule has 0 spiro atoms. The van der Waals surface area contributed by atoms with Gasteiger partial charge in [-0.1, -0.05) is 6.07 Å². The minimum absolute atomic E-state index is 0.0875. The summed E-state index contributed by atoms with van der Waals surface area (Å²) in [7, 11) is 1.60. The maximum Gasteiger partial charge on any atom is 0.244 e. The molecule has 0 aliphatic rings. The summed E-state index contributed by atoms with van der Waals surface area (Å²) < 4.78 is 4.81. The van der Waals surface area contributed by atoms with Crippen LogP contribution >= 0.6 is 11.3 Å². The van der Waals surface area contributed by atoms with Gasteiger partial charge in [-0.05, 0) is 17.5 Å². The summed E-state index contributed by atoms with van der Waals surface area (Å²) in [5, 5.41) is 4.67. The summed E-state index contributed by atoms with van der Waals surface area (Å²) in [5.41, 5.74) is 0. The molecule has 1 heterocycles. The number of carbonyl (C=O) groups is 1. The number of carbonyl (C=O) groups excluding carboxylic acids is 1. The average molecular weight is 211 g/mol. The van der Waals surface area contributed by atoms with Crippen LogP contribution in [0.4, 0.5) is 0 Å². The molecular weight excluding hydrogens is 198 g/mol. The van der Waals surface area contributed by atoms with E-state index in [1.54, 1.807) is 24.5 Å². The van der Waals surface area contributed by atoms with Gasteiger partial charge >= 0.3 is 0 Å². The first-order valence-corrected chi connectivity index (χ1v) is 5.19. The highest BCUT2D eigenvalue weighted by molar-refractivity contribution is 7.10. The number of hydrogen-bond acceptors (Lipinski definition) is 3. The van der Waals surface area contributed by atoms with E-state index in [1.165, 1.54) is 6.08 Å². The molecule has 0 fully saturated rings. The molecular formula is C10H13NO2S. The molecule has 4 heteroatoms. The minimum Gasteiger partial charge on any atom is -0.383 e. The number of nitrogens with one attached hydrogen (secondary N) is 1. The molecule has 76 valence electrons. The molecule has 0 bridgehead atoms. The van der Waals surface area contributed by atoms with E-state index in [2.05, 4.69) is 5.32 Å². The van der Waals surface area contributed by atoms with Crippen molar-refractivity contribution in [2.75, 3.05) is 20.3 Å². The van der Waals surface area contributed by atoms with Crippen LogP contribution < -0.4 is 5.32 Å². The van der Waals surface area contributed by atoms with Crippen molar-refractivity contribution in [1.29, 1.82) is 0 Å². The number of rotatable bonds is 5. The van der Waals surface area contributed by atoms with Crippen molar-refractivity contribution in [2.24, 2.45) is 0 Å². The molecule has 0 aliphatic carbocycles. The molecule has 0 saturated heterocycles. The molecule has 0 atom stereocenters. The monoisotopic (exact) mass is 211 g/mol. The Morgan fingerprint density at radius 2 is 2.57 bits per heavy atom. The van der Waals surface area contributed by atoms with Crippen LogP contribution in [-0.2, 0) is 9.53 Å². The Kier molecular flexibility index (Phi) is 4.96. The molecule has 0 aromatic carbocycles. The highest BCUT2D eigenvalue weighted by Gasteiger charge is 1.93. The van der Waals surface area contributed by atoms with E-state index in [0.29, 0.717) is 13.2 Å². The molecule has 1 amide bonds. The summed E-state index contributed by atoms with van der Waals surface area (Å²) in [6.07, 6.45) is 3.33. The molecule has 1 aromatic heterocycles. The molecule has 3 nitrogen and oxygen atoms in total. The normalized spacial score (nSPS) is 10.6. The van der Waals surface area contributed by atoms with Crippen molar-refractivity contribution in [3.05, 3.63) is 28.5 Å². The first-order valence-electron chi connectivity index (χ1n) is 4.31. The fourth-order valence-corrected chi connectivity index (χ4v) is 1.50. The second kappa shape index (κ2) is 6.34. The third kappa shape index (κ3) is 4.20. The van der Waals surface area contributed by atoms with Crippen LogP contribution in [0.1, 0.15) is 4.88 Å². The highest BCUT2D eigenvalue weighted by atomic mass is 32.1. The number of thiophene rings is 1. The summed E-state index contributed by atoms with van der Waals surface area (Å²) >= 11 is 1.60. The third-order valence-electron chi connectivity index (χ3n) is 1.55. The molecule has 0 unspecified atom stereocenters. The van der Waals surface area contributed by atoms with E-state index in [9.17, 15) is 4.79 Å². The molecule has 14 heavy (non-hydrogen) atoms. The third-order valence-corrected chi connectivity index (χ3v) is 2.39. The molecule has 1 aromatic rings. The van der Waals surface area contributed by atoms with Crippen molar-refractivity contribution in [2.45, 2.75) is 0 Å². The maximum atomic E-state index is 11.2. The highest BCUT2D eigenvalue weighted by Crippen LogP contribution is 2.09. The topological polar surface area (TPSA) is 38.3 Å². The Morgan fingerprint density at radius 1 is 1.71 bits per heavy atom. The van der Waals surface area contributed by atoms with E-state index in [-0.39, 0.29) is 5.91 Å². The molecule has 1 N–H and O–H groups in total. The van der Waals surface area contributed by atoms with Crippen LogP contribution in [0, 0.1) is 0 Å². The molecule has 1 rings (SSSR count). The van der Waals surface area contributed by atoms with Gasteiger partial charge in [0.2, 0.25) is 5.91 Å². The van der Waals surface area contributed by atoms with Crippen molar-refractivity contribution >= 4 is 23.3 Å². The second-order valence-corrected chi connectivity index (χ2v) is 3.61. The van der Waals surface area contributed by atoms with E-state index >= 15 is 0 Å². The summed E-state index contributed by atoms with van der Waals surface area (Å²) in [6.45, 7) is 1.09. The Balaban J connectivity index is 2.26. The summed E-state index contributed by atoms with van der Waals surface area (Å²) in [6, 6.07) is 3.91. The van der Waals surface area contributed by atoms with Crippen LogP contribution in [0.3, 0.4) is 0 Å². The zero-order valence-electron chi connectivity index (χ0n) is 8.03. The van der Waals surface area contributed by atoms with E-state index in [0.717, 1.165) is 4.88 Å². The lowest BCUT2D eigenvalue weighted by Crippen LogP contribution is -2.24. The molecule has 0 radical (unpaired) electrons. The lowest BCUT2D eigenvalue weighted by Gasteiger charge is -1.99. The van der Waals surface area contributed by atoms with Crippen LogP contribution in [0.2, 0.25) is 0 Å². The van der Waals surface area contributed by atoms with Crippen LogP contribution in [-0.4, -0.2) is 26.2 Å². The SMILES string of the molecule is COCCNC(=O)/C=C/c1cccs1. The van der Waals surface area contributed by atoms with E-state index in [4.69, 9.17) is 4.74 Å². The van der Waals surface area contributed by atoms with Crippen LogP contribution in [0.15, 0.2) is 23.6 Å². The van der Waals surface area contributed by atoms with Gasteiger partial charge in [-0.2, -0.15) is 0 Å². The first-order chi connectivity index (χ1) is 6.83. The minimum atomic E-state index is -0.0875. The number of ether oxygens (including phenoxy) is 1. The predicted octanol–water partition coefficient (Wildman–Crippen LogP) is 1.52. The fourth-order valence-electron chi connectivity index (χ4n) is 0.879. The first kappa shape index (κ1) is 10.9. The fraction of sp³-hybridized carbons (Fsp3) is 0.300. The van der Waals surface area contributed by atoms with Gasteiger partial charge < -0.3 is 10.1 Å². The largest absolute Gasteiger partial charge is 0.383 e. The Bertz CT molecular complexity index is 293. The van der Waals surface area contributed by atoms with Gasteiger partial charge in [0.15, 0.2) is 0 Å². The summed E-state index contributed by atoms with van der Waals surface area (Å²) in [5.74, 6) is -0.0875. The van der Waals surface area contributed by atoms with Gasteiger partial charge in [0.25, 0.3) is 0 Å². The van der Waals surface area contributed by atoms with Gasteiger partial charge in [0.1, 0.15) is 0 Å². The lowest BCUT2D eigenvalue weighted by atomic mass is 10.4. The molecule has 0 saturated carbocycles. The number of methoxy groups -OCH3 is 1. The van der Waals surface area contributed by atoms with Crippen molar-refractivity contribution in [3.8, 4) is 0 Å². The Morgan fingerprint density at radius 3 is 3.21 bits per heavy atom. The zero-order valence-corrected chi connectivity index (χ0v) is 8.84. The van der Waals surface area contributed by atoms with Gasteiger partial charge in [0, 0.05) is 24.6 Å². The smallest absolute Gasteiger partial charge is 0.244 e. The van der Waals surface area contributed by atoms with Crippen LogP contribution in [0.5, 0.6) is 0 Å². The summed E-state index contributed by atoms with van der Waals surface area (Å²) in [4.78, 5) is 12.2. The van der Waals surface area contributed by atoms with Crippen molar-refractivity contribution in [3.63, 3.8) is 0 Å². The van der Waals surface area contributed by atoms with Gasteiger partial charge in [0.05, 0.1) is 6.61 Å². The Hall–Kier alpha value is -1.13. The second-order valence-electron chi connectivity index (χ2n) is 2.63. The number of hydrogen-bond donors (Lipinski definition) is 1. The number of amides is 1. The average Bonchev–Trinajstić information content (AvgIpc) is 2.68. The lowest BCUT2D eigenvalue weighted by molar-refractivity contribution is -0.116. The zero-order chi connectivity index (χ0) is 10.2.